The number of phenolic OH excluding ortho intramolecular Hbond substituents is 1. The van der Waals surface area contributed by atoms with Crippen molar-refractivity contribution in [2.45, 2.75) is 33.2 Å². The number of hydrogen-bond donors (Lipinski definition) is 1. The summed E-state index contributed by atoms with van der Waals surface area (Å²) in [6.07, 6.45) is 2.42. The Balaban J connectivity index is 2.79. The summed E-state index contributed by atoms with van der Waals surface area (Å²) in [6, 6.07) is 3.85. The average molecular weight is 316 g/mol. The zero-order valence-corrected chi connectivity index (χ0v) is 13.0. The lowest BCUT2D eigenvalue weighted by molar-refractivity contribution is 0.274. The number of methoxy groups -OCH3 is 1. The average Bonchev–Trinajstić information content (AvgIpc) is 2.38. The number of nitrogens with zero attached hydrogens (tertiary/aromatic N) is 1. The Kier molecular flexibility index (Phi) is 6.50. The Morgan fingerprint density at radius 2 is 2.06 bits per heavy atom. The summed E-state index contributed by atoms with van der Waals surface area (Å²) in [6.45, 7) is 7.39. The van der Waals surface area contributed by atoms with E-state index in [2.05, 4.69) is 34.7 Å². The quantitative estimate of drug-likeness (QED) is 0.831. The van der Waals surface area contributed by atoms with Gasteiger partial charge in [-0.1, -0.05) is 20.3 Å². The van der Waals surface area contributed by atoms with Gasteiger partial charge in [-0.3, -0.25) is 4.90 Å². The zero-order valence-electron chi connectivity index (χ0n) is 11.4. The highest BCUT2D eigenvalue weighted by atomic mass is 79.9. The molecule has 0 aromatic heterocycles. The van der Waals surface area contributed by atoms with Crippen LogP contribution >= 0.6 is 15.9 Å². The minimum Gasteiger partial charge on any atom is -0.503 e. The van der Waals surface area contributed by atoms with Gasteiger partial charge in [0.2, 0.25) is 0 Å². The molecule has 0 bridgehead atoms. The Morgan fingerprint density at radius 3 is 2.61 bits per heavy atom. The van der Waals surface area contributed by atoms with Gasteiger partial charge in [-0.25, -0.2) is 0 Å². The second kappa shape index (κ2) is 7.64. The highest BCUT2D eigenvalue weighted by Gasteiger charge is 2.10. The maximum Gasteiger partial charge on any atom is 0.172 e. The standard InChI is InChI=1S/C14H22BrNO2/c1-4-6-7-16(5-2)10-11-8-12(15)14(17)13(9-11)18-3/h8-9,17H,4-7,10H2,1-3H3. The number of aromatic hydroxyl groups is 1. The van der Waals surface area contributed by atoms with Crippen molar-refractivity contribution in [3.63, 3.8) is 0 Å². The van der Waals surface area contributed by atoms with Gasteiger partial charge >= 0.3 is 0 Å². The van der Waals surface area contributed by atoms with E-state index in [1.54, 1.807) is 7.11 Å². The summed E-state index contributed by atoms with van der Waals surface area (Å²) in [5.74, 6) is 0.684. The molecule has 0 aliphatic heterocycles. The van der Waals surface area contributed by atoms with Gasteiger partial charge in [0.15, 0.2) is 11.5 Å². The molecule has 0 saturated carbocycles. The summed E-state index contributed by atoms with van der Waals surface area (Å²) >= 11 is 3.35. The molecule has 0 heterocycles. The second-order valence-electron chi connectivity index (χ2n) is 4.35. The minimum atomic E-state index is 0.165. The van der Waals surface area contributed by atoms with Gasteiger partial charge in [0.1, 0.15) is 0 Å². The summed E-state index contributed by atoms with van der Waals surface area (Å²) in [4.78, 5) is 2.39. The molecular weight excluding hydrogens is 294 g/mol. The van der Waals surface area contributed by atoms with Crippen LogP contribution in [-0.4, -0.2) is 30.2 Å². The number of ether oxygens (including phenoxy) is 1. The second-order valence-corrected chi connectivity index (χ2v) is 5.21. The predicted octanol–water partition coefficient (Wildman–Crippen LogP) is 3.79. The summed E-state index contributed by atoms with van der Waals surface area (Å²) in [7, 11) is 1.57. The number of phenols is 1. The zero-order chi connectivity index (χ0) is 13.5. The van der Waals surface area contributed by atoms with Crippen LogP contribution in [0.5, 0.6) is 11.5 Å². The van der Waals surface area contributed by atoms with Gasteiger partial charge in [-0.05, 0) is 53.1 Å². The largest absolute Gasteiger partial charge is 0.503 e. The molecule has 0 fully saturated rings. The van der Waals surface area contributed by atoms with Crippen molar-refractivity contribution in [3.05, 3.63) is 22.2 Å². The van der Waals surface area contributed by atoms with Crippen LogP contribution in [0.1, 0.15) is 32.3 Å². The Morgan fingerprint density at radius 1 is 1.33 bits per heavy atom. The molecule has 102 valence electrons. The minimum absolute atomic E-state index is 0.165. The third kappa shape index (κ3) is 4.18. The van der Waals surface area contributed by atoms with Crippen molar-refractivity contribution in [1.29, 1.82) is 0 Å². The van der Waals surface area contributed by atoms with Crippen molar-refractivity contribution in [3.8, 4) is 11.5 Å². The molecule has 0 spiro atoms. The van der Waals surface area contributed by atoms with E-state index in [-0.39, 0.29) is 5.75 Å². The highest BCUT2D eigenvalue weighted by molar-refractivity contribution is 9.10. The molecule has 0 unspecified atom stereocenters. The molecule has 0 saturated heterocycles. The highest BCUT2D eigenvalue weighted by Crippen LogP contribution is 2.35. The number of halogens is 1. The monoisotopic (exact) mass is 315 g/mol. The molecule has 3 nitrogen and oxygen atoms in total. The van der Waals surface area contributed by atoms with E-state index < -0.39 is 0 Å². The van der Waals surface area contributed by atoms with E-state index in [4.69, 9.17) is 4.74 Å². The maximum atomic E-state index is 9.77. The maximum absolute atomic E-state index is 9.77. The normalized spacial score (nSPS) is 10.9. The van der Waals surface area contributed by atoms with E-state index in [0.29, 0.717) is 10.2 Å². The first kappa shape index (κ1) is 15.3. The number of unbranched alkanes of at least 4 members (excludes halogenated alkanes) is 1. The molecule has 1 aromatic carbocycles. The topological polar surface area (TPSA) is 32.7 Å². The molecule has 18 heavy (non-hydrogen) atoms. The lowest BCUT2D eigenvalue weighted by Crippen LogP contribution is -2.23. The number of hydrogen-bond acceptors (Lipinski definition) is 3. The fourth-order valence-electron chi connectivity index (χ4n) is 1.86. The first-order chi connectivity index (χ1) is 8.62. The van der Waals surface area contributed by atoms with E-state index in [1.807, 2.05) is 12.1 Å². The predicted molar refractivity (Wildman–Crippen MR) is 78.2 cm³/mol. The van der Waals surface area contributed by atoms with Crippen molar-refractivity contribution < 1.29 is 9.84 Å². The van der Waals surface area contributed by atoms with Gasteiger partial charge in [-0.15, -0.1) is 0 Å². The van der Waals surface area contributed by atoms with Crippen molar-refractivity contribution in [2.75, 3.05) is 20.2 Å². The molecular formula is C14H22BrNO2. The molecule has 0 radical (unpaired) electrons. The fourth-order valence-corrected chi connectivity index (χ4v) is 2.35. The van der Waals surface area contributed by atoms with Gasteiger partial charge in [0, 0.05) is 6.54 Å². The molecule has 0 aliphatic carbocycles. The molecule has 0 atom stereocenters. The van der Waals surface area contributed by atoms with Gasteiger partial charge < -0.3 is 9.84 Å². The third-order valence-electron chi connectivity index (χ3n) is 2.99. The summed E-state index contributed by atoms with van der Waals surface area (Å²) in [5, 5.41) is 9.77. The summed E-state index contributed by atoms with van der Waals surface area (Å²) in [5.41, 5.74) is 1.15. The smallest absolute Gasteiger partial charge is 0.172 e. The third-order valence-corrected chi connectivity index (χ3v) is 3.59. The van der Waals surface area contributed by atoms with Crippen LogP contribution < -0.4 is 4.74 Å². The fraction of sp³-hybridized carbons (Fsp3) is 0.571. The lowest BCUT2D eigenvalue weighted by Gasteiger charge is -2.20. The first-order valence-corrected chi connectivity index (χ1v) is 7.19. The lowest BCUT2D eigenvalue weighted by atomic mass is 10.1. The number of rotatable bonds is 7. The van der Waals surface area contributed by atoms with Gasteiger partial charge in [-0.2, -0.15) is 0 Å². The Labute approximate surface area is 118 Å². The van der Waals surface area contributed by atoms with E-state index >= 15 is 0 Å². The van der Waals surface area contributed by atoms with Crippen LogP contribution in [0.25, 0.3) is 0 Å². The van der Waals surface area contributed by atoms with Crippen LogP contribution in [-0.2, 0) is 6.54 Å². The molecule has 1 aromatic rings. The van der Waals surface area contributed by atoms with Crippen molar-refractivity contribution in [2.24, 2.45) is 0 Å². The van der Waals surface area contributed by atoms with Gasteiger partial charge in [0.05, 0.1) is 11.6 Å². The number of benzene rings is 1. The van der Waals surface area contributed by atoms with Crippen molar-refractivity contribution >= 4 is 15.9 Å². The van der Waals surface area contributed by atoms with Crippen LogP contribution in [0.15, 0.2) is 16.6 Å². The van der Waals surface area contributed by atoms with E-state index in [0.717, 1.165) is 25.2 Å². The van der Waals surface area contributed by atoms with Crippen molar-refractivity contribution in [1.82, 2.24) is 4.90 Å². The summed E-state index contributed by atoms with van der Waals surface area (Å²) < 4.78 is 5.85. The molecule has 4 heteroatoms. The van der Waals surface area contributed by atoms with Crippen LogP contribution in [0.3, 0.4) is 0 Å². The van der Waals surface area contributed by atoms with Gasteiger partial charge in [0.25, 0.3) is 0 Å². The van der Waals surface area contributed by atoms with E-state index in [1.165, 1.54) is 12.8 Å². The van der Waals surface area contributed by atoms with Crippen LogP contribution in [0.2, 0.25) is 0 Å². The van der Waals surface area contributed by atoms with Crippen LogP contribution in [0.4, 0.5) is 0 Å². The Hall–Kier alpha value is -0.740. The van der Waals surface area contributed by atoms with Crippen LogP contribution in [0, 0.1) is 0 Å². The molecule has 1 N–H and O–H groups in total. The Bertz CT molecular complexity index is 382. The SMILES string of the molecule is CCCCN(CC)Cc1cc(Br)c(O)c(OC)c1. The molecule has 0 aliphatic rings. The molecule has 0 amide bonds. The first-order valence-electron chi connectivity index (χ1n) is 6.40. The molecule has 1 rings (SSSR count). The van der Waals surface area contributed by atoms with E-state index in [9.17, 15) is 5.11 Å².